The van der Waals surface area contributed by atoms with Crippen LogP contribution in [0.15, 0.2) is 34.2 Å². The van der Waals surface area contributed by atoms with Crippen LogP contribution in [0.1, 0.15) is 32.6 Å². The van der Waals surface area contributed by atoms with Gasteiger partial charge in [0.25, 0.3) is 17.2 Å². The predicted octanol–water partition coefficient (Wildman–Crippen LogP) is 1.62. The molecule has 0 saturated carbocycles. The van der Waals surface area contributed by atoms with Gasteiger partial charge in [0.15, 0.2) is 17.8 Å². The molecular weight excluding hydrogens is 574 g/mol. The standard InChI is InChI=1S/C27H30F2N6O6S/c1-13-7-14(2)22(15(3)8-13)35(42(40)41)20(26(38)39)11-32-25(37)18-12-34(4)23-16(24(18)36)9-19(28)17(21(23)29)10-33-27-30-5-6-31-27/h7-9,12,20H,5-6,10-11H2,1-4H3,(H,32,37)(H,38,39)(H,40,41)(H2,30,31,33). The van der Waals surface area contributed by atoms with Crippen molar-refractivity contribution >= 4 is 45.7 Å². The zero-order chi connectivity index (χ0) is 30.9. The summed E-state index contributed by atoms with van der Waals surface area (Å²) in [5.74, 6) is -4.13. The highest BCUT2D eigenvalue weighted by molar-refractivity contribution is 7.80. The summed E-state index contributed by atoms with van der Waals surface area (Å²) >= 11 is -2.79. The molecule has 2 atom stereocenters. The van der Waals surface area contributed by atoms with Crippen LogP contribution in [0.4, 0.5) is 14.5 Å². The Morgan fingerprint density at radius 2 is 1.88 bits per heavy atom. The minimum atomic E-state index is -2.79. The zero-order valence-electron chi connectivity index (χ0n) is 23.2. The molecule has 0 fully saturated rings. The first-order valence-electron chi connectivity index (χ1n) is 12.8. The highest BCUT2D eigenvalue weighted by Crippen LogP contribution is 2.29. The molecule has 42 heavy (non-hydrogen) atoms. The molecule has 1 aliphatic heterocycles. The lowest BCUT2D eigenvalue weighted by molar-refractivity contribution is -0.138. The van der Waals surface area contributed by atoms with E-state index in [2.05, 4.69) is 20.9 Å². The average molecular weight is 605 g/mol. The first-order chi connectivity index (χ1) is 19.8. The number of pyridine rings is 1. The second kappa shape index (κ2) is 12.2. The second-order valence-electron chi connectivity index (χ2n) is 9.91. The number of hydrogen-bond donors (Lipinski definition) is 5. The minimum Gasteiger partial charge on any atom is -0.480 e. The van der Waals surface area contributed by atoms with Crippen molar-refractivity contribution in [3.8, 4) is 0 Å². The van der Waals surface area contributed by atoms with E-state index in [0.29, 0.717) is 30.2 Å². The van der Waals surface area contributed by atoms with E-state index in [9.17, 15) is 32.6 Å². The largest absolute Gasteiger partial charge is 0.480 e. The van der Waals surface area contributed by atoms with E-state index in [1.165, 1.54) is 7.05 Å². The van der Waals surface area contributed by atoms with E-state index in [0.717, 1.165) is 26.7 Å². The molecule has 2 unspecified atom stereocenters. The van der Waals surface area contributed by atoms with Crippen LogP contribution in [0.2, 0.25) is 0 Å². The molecule has 1 aromatic heterocycles. The van der Waals surface area contributed by atoms with Crippen LogP contribution in [0.3, 0.4) is 0 Å². The van der Waals surface area contributed by atoms with Crippen LogP contribution in [0.5, 0.6) is 0 Å². The van der Waals surface area contributed by atoms with Gasteiger partial charge in [0, 0.05) is 31.9 Å². The number of aryl methyl sites for hydroxylation is 4. The molecule has 4 rings (SSSR count). The van der Waals surface area contributed by atoms with Crippen molar-refractivity contribution in [2.75, 3.05) is 23.9 Å². The average Bonchev–Trinajstić information content (AvgIpc) is 3.42. The number of hydrogen-bond acceptors (Lipinski definition) is 7. The minimum absolute atomic E-state index is 0.205. The Bertz CT molecular complexity index is 1690. The number of anilines is 1. The number of benzene rings is 2. The maximum Gasteiger partial charge on any atom is 0.329 e. The van der Waals surface area contributed by atoms with E-state index in [-0.39, 0.29) is 28.7 Å². The van der Waals surface area contributed by atoms with Gasteiger partial charge in [-0.05, 0) is 38.0 Å². The Kier molecular flexibility index (Phi) is 8.92. The van der Waals surface area contributed by atoms with E-state index >= 15 is 4.39 Å². The molecule has 15 heteroatoms. The number of nitrogens with one attached hydrogen (secondary N) is 3. The molecule has 1 amide bonds. The Hall–Kier alpha value is -4.37. The number of guanidine groups is 1. The van der Waals surface area contributed by atoms with Gasteiger partial charge in [0.2, 0.25) is 5.43 Å². The monoisotopic (exact) mass is 604 g/mol. The van der Waals surface area contributed by atoms with Crippen molar-refractivity contribution in [1.82, 2.24) is 20.5 Å². The molecule has 224 valence electrons. The topological polar surface area (TPSA) is 165 Å². The number of amides is 1. The van der Waals surface area contributed by atoms with Crippen LogP contribution in [-0.4, -0.2) is 61.9 Å². The van der Waals surface area contributed by atoms with Gasteiger partial charge >= 0.3 is 5.97 Å². The molecule has 0 saturated heterocycles. The normalized spacial score (nSPS) is 14.2. The number of aliphatic carboxylic acids is 1. The summed E-state index contributed by atoms with van der Waals surface area (Å²) in [5, 5.41) is 17.6. The molecule has 0 aliphatic carbocycles. The molecule has 0 spiro atoms. The van der Waals surface area contributed by atoms with E-state index in [4.69, 9.17) is 0 Å². The molecule has 1 aliphatic rings. The highest BCUT2D eigenvalue weighted by atomic mass is 32.2. The molecule has 0 radical (unpaired) electrons. The van der Waals surface area contributed by atoms with Gasteiger partial charge in [-0.15, -0.1) is 0 Å². The first-order valence-corrected chi connectivity index (χ1v) is 13.9. The van der Waals surface area contributed by atoms with Gasteiger partial charge in [-0.2, -0.15) is 0 Å². The number of rotatable bonds is 9. The lowest BCUT2D eigenvalue weighted by atomic mass is 10.0. The molecule has 12 nitrogen and oxygen atoms in total. The lowest BCUT2D eigenvalue weighted by Gasteiger charge is -2.30. The third-order valence-electron chi connectivity index (χ3n) is 6.85. The van der Waals surface area contributed by atoms with E-state index in [1.54, 1.807) is 26.0 Å². The number of carboxylic acids is 1. The van der Waals surface area contributed by atoms with Gasteiger partial charge < -0.3 is 25.6 Å². The van der Waals surface area contributed by atoms with Crippen LogP contribution < -0.4 is 25.7 Å². The first kappa shape index (κ1) is 30.6. The van der Waals surface area contributed by atoms with Gasteiger partial charge in [0.05, 0.1) is 29.7 Å². The zero-order valence-corrected chi connectivity index (χ0v) is 24.1. The fourth-order valence-corrected chi connectivity index (χ4v) is 5.88. The number of carbonyl (C=O) groups is 2. The van der Waals surface area contributed by atoms with Crippen molar-refractivity contribution in [1.29, 1.82) is 0 Å². The summed E-state index contributed by atoms with van der Waals surface area (Å²) in [6.45, 7) is 5.35. The molecule has 2 aromatic carbocycles. The van der Waals surface area contributed by atoms with Gasteiger partial charge in [-0.25, -0.2) is 17.8 Å². The number of aromatic nitrogens is 1. The van der Waals surface area contributed by atoms with Crippen LogP contribution in [0.25, 0.3) is 10.9 Å². The number of fused-ring (bicyclic) bond motifs is 1. The summed E-state index contributed by atoms with van der Waals surface area (Å²) in [6.07, 6.45) is 1.06. The summed E-state index contributed by atoms with van der Waals surface area (Å²) < 4.78 is 54.7. The van der Waals surface area contributed by atoms with Crippen molar-refractivity contribution < 1.29 is 32.2 Å². The van der Waals surface area contributed by atoms with Crippen molar-refractivity contribution in [3.05, 3.63) is 74.1 Å². The third kappa shape index (κ3) is 5.97. The van der Waals surface area contributed by atoms with Crippen LogP contribution in [-0.2, 0) is 29.7 Å². The fraction of sp³-hybridized carbons (Fsp3) is 0.333. The SMILES string of the molecule is Cc1cc(C)c(N(C(CNC(=O)c2cn(C)c3c(F)c(CNC4=NCCN4)c(F)cc3c2=O)C(=O)O)S(=O)O)c(C)c1. The summed E-state index contributed by atoms with van der Waals surface area (Å²) in [6, 6.07) is 2.58. The fourth-order valence-electron chi connectivity index (χ4n) is 5.06. The summed E-state index contributed by atoms with van der Waals surface area (Å²) in [7, 11) is 1.37. The Labute approximate surface area is 241 Å². The van der Waals surface area contributed by atoms with Crippen LogP contribution in [0, 0.1) is 32.4 Å². The van der Waals surface area contributed by atoms with Crippen molar-refractivity contribution in [2.24, 2.45) is 12.0 Å². The number of carboxylic acid groups (broad SMARTS) is 1. The van der Waals surface area contributed by atoms with Gasteiger partial charge in [0.1, 0.15) is 11.4 Å². The number of halogens is 2. The number of carbonyl (C=O) groups excluding carboxylic acids is 1. The van der Waals surface area contributed by atoms with Gasteiger partial charge in [-0.3, -0.25) is 23.4 Å². The lowest BCUT2D eigenvalue weighted by Crippen LogP contribution is -2.50. The third-order valence-corrected chi connectivity index (χ3v) is 7.63. The van der Waals surface area contributed by atoms with Crippen LogP contribution >= 0.6 is 0 Å². The summed E-state index contributed by atoms with van der Waals surface area (Å²) in [5.41, 5.74) is 0.130. The highest BCUT2D eigenvalue weighted by Gasteiger charge is 2.33. The van der Waals surface area contributed by atoms with Gasteiger partial charge in [-0.1, -0.05) is 17.7 Å². The maximum atomic E-state index is 15.4. The van der Waals surface area contributed by atoms with E-state index < -0.39 is 58.4 Å². The number of aliphatic imine (C=N–C) groups is 1. The quantitative estimate of drug-likeness (QED) is 0.230. The van der Waals surface area contributed by atoms with Crippen molar-refractivity contribution in [3.63, 3.8) is 0 Å². The number of nitrogens with zero attached hydrogens (tertiary/aromatic N) is 3. The summed E-state index contributed by atoms with van der Waals surface area (Å²) in [4.78, 5) is 42.6. The maximum absolute atomic E-state index is 15.4. The Balaban J connectivity index is 1.64. The molecular formula is C27H30F2N6O6S. The molecule has 0 bridgehead atoms. The Morgan fingerprint density at radius 1 is 1.21 bits per heavy atom. The Morgan fingerprint density at radius 3 is 2.45 bits per heavy atom. The molecule has 2 heterocycles. The predicted molar refractivity (Wildman–Crippen MR) is 154 cm³/mol. The van der Waals surface area contributed by atoms with E-state index in [1.807, 2.05) is 6.92 Å². The van der Waals surface area contributed by atoms with Crippen molar-refractivity contribution in [2.45, 2.75) is 33.4 Å². The smallest absolute Gasteiger partial charge is 0.329 e. The molecule has 3 aromatic rings. The second-order valence-corrected chi connectivity index (χ2v) is 10.8. The molecule has 5 N–H and O–H groups in total.